The maximum atomic E-state index is 12.5. The number of phenols is 1. The summed E-state index contributed by atoms with van der Waals surface area (Å²) in [6, 6.07) is 19.3. The highest BCUT2D eigenvalue weighted by atomic mass is 16.5. The molecule has 0 spiro atoms. The van der Waals surface area contributed by atoms with E-state index >= 15 is 0 Å². The molecule has 4 rings (SSSR count). The van der Waals surface area contributed by atoms with E-state index in [9.17, 15) is 9.90 Å². The molecule has 6 heteroatoms. The number of methoxy groups -OCH3 is 1. The van der Waals surface area contributed by atoms with Gasteiger partial charge in [-0.1, -0.05) is 24.3 Å². The van der Waals surface area contributed by atoms with Crippen LogP contribution in [0.15, 0.2) is 73.1 Å². The van der Waals surface area contributed by atoms with E-state index in [2.05, 4.69) is 15.3 Å². The average Bonchev–Trinajstić information content (AvgIpc) is 3.28. The van der Waals surface area contributed by atoms with Gasteiger partial charge in [-0.3, -0.25) is 4.79 Å². The number of rotatable bonds is 6. The maximum absolute atomic E-state index is 12.5. The molecule has 6 nitrogen and oxygen atoms in total. The second-order valence-electron chi connectivity index (χ2n) is 8.11. The molecular weight excluding hydrogens is 390 g/mol. The molecule has 31 heavy (non-hydrogen) atoms. The van der Waals surface area contributed by atoms with Crippen molar-refractivity contribution in [3.63, 3.8) is 0 Å². The fourth-order valence-electron chi connectivity index (χ4n) is 3.97. The van der Waals surface area contributed by atoms with Gasteiger partial charge >= 0.3 is 5.97 Å². The number of hydrogen-bond donors (Lipinski definition) is 3. The van der Waals surface area contributed by atoms with Gasteiger partial charge < -0.3 is 20.1 Å². The van der Waals surface area contributed by atoms with Crippen LogP contribution in [0.25, 0.3) is 10.8 Å². The Balaban J connectivity index is 1.61. The highest BCUT2D eigenvalue weighted by Crippen LogP contribution is 2.40. The van der Waals surface area contributed by atoms with E-state index in [1.165, 1.54) is 7.11 Å². The number of aromatic hydroxyl groups is 1. The predicted molar refractivity (Wildman–Crippen MR) is 122 cm³/mol. The first-order valence-corrected chi connectivity index (χ1v) is 10.1. The van der Waals surface area contributed by atoms with Crippen LogP contribution < -0.4 is 5.32 Å². The lowest BCUT2D eigenvalue weighted by Crippen LogP contribution is -2.34. The Labute approximate surface area is 180 Å². The van der Waals surface area contributed by atoms with Crippen molar-refractivity contribution >= 4 is 28.1 Å². The zero-order valence-electron chi connectivity index (χ0n) is 17.7. The van der Waals surface area contributed by atoms with E-state index in [4.69, 9.17) is 4.74 Å². The van der Waals surface area contributed by atoms with Crippen LogP contribution in [0.1, 0.15) is 31.2 Å². The lowest BCUT2D eigenvalue weighted by atomic mass is 9.74. The SMILES string of the molecule is COC(=O)C(C)(C)C(c1ccc(Nc2ccc3cc(O)ccc3c2)cc1)c1ncc[nH]1. The van der Waals surface area contributed by atoms with Crippen LogP contribution in [0.3, 0.4) is 0 Å². The van der Waals surface area contributed by atoms with Crippen molar-refractivity contribution in [1.82, 2.24) is 9.97 Å². The van der Waals surface area contributed by atoms with Gasteiger partial charge in [-0.15, -0.1) is 0 Å². The number of nitrogens with one attached hydrogen (secondary N) is 2. The largest absolute Gasteiger partial charge is 0.508 e. The normalized spacial score (nSPS) is 12.5. The van der Waals surface area contributed by atoms with Gasteiger partial charge in [-0.25, -0.2) is 4.98 Å². The Hall–Kier alpha value is -3.80. The maximum Gasteiger partial charge on any atom is 0.312 e. The zero-order valence-corrected chi connectivity index (χ0v) is 17.7. The van der Waals surface area contributed by atoms with E-state index in [1.807, 2.05) is 62.4 Å². The second kappa shape index (κ2) is 8.14. The standard InChI is InChI=1S/C25H25N3O3/c1-25(2,24(30)31-3)22(23-26-12-13-27-23)16-4-8-19(9-5-16)28-20-10-6-18-15-21(29)11-7-17(18)14-20/h4-15,22,28-29H,1-3H3,(H,26,27). The molecule has 0 amide bonds. The van der Waals surface area contributed by atoms with Crippen LogP contribution in [-0.4, -0.2) is 28.2 Å². The molecule has 4 aromatic rings. The minimum absolute atomic E-state index is 0.254. The summed E-state index contributed by atoms with van der Waals surface area (Å²) >= 11 is 0. The van der Waals surface area contributed by atoms with Crippen molar-refractivity contribution in [2.45, 2.75) is 19.8 Å². The monoisotopic (exact) mass is 415 g/mol. The van der Waals surface area contributed by atoms with Crippen molar-refractivity contribution in [2.24, 2.45) is 5.41 Å². The van der Waals surface area contributed by atoms with Crippen LogP contribution in [0, 0.1) is 5.41 Å². The quantitative estimate of drug-likeness (QED) is 0.370. The molecule has 3 aromatic carbocycles. The highest BCUT2D eigenvalue weighted by Gasteiger charge is 2.41. The van der Waals surface area contributed by atoms with Gasteiger partial charge in [0.1, 0.15) is 11.6 Å². The van der Waals surface area contributed by atoms with E-state index in [0.717, 1.165) is 27.7 Å². The van der Waals surface area contributed by atoms with E-state index in [1.54, 1.807) is 24.5 Å². The molecule has 1 aromatic heterocycles. The minimum Gasteiger partial charge on any atom is -0.508 e. The first kappa shape index (κ1) is 20.5. The van der Waals surface area contributed by atoms with Crippen molar-refractivity contribution in [2.75, 3.05) is 12.4 Å². The molecular formula is C25H25N3O3. The number of esters is 1. The Morgan fingerprint density at radius 2 is 1.71 bits per heavy atom. The van der Waals surface area contributed by atoms with Crippen molar-refractivity contribution in [3.05, 3.63) is 84.4 Å². The molecule has 0 fully saturated rings. The molecule has 0 aliphatic rings. The Kier molecular flexibility index (Phi) is 5.38. The van der Waals surface area contributed by atoms with Crippen LogP contribution in [0.2, 0.25) is 0 Å². The summed E-state index contributed by atoms with van der Waals surface area (Å²) in [7, 11) is 1.40. The summed E-state index contributed by atoms with van der Waals surface area (Å²) in [5.41, 5.74) is 2.04. The number of nitrogens with zero attached hydrogens (tertiary/aromatic N) is 1. The van der Waals surface area contributed by atoms with E-state index in [0.29, 0.717) is 5.82 Å². The third-order valence-corrected chi connectivity index (χ3v) is 5.58. The van der Waals surface area contributed by atoms with Gasteiger partial charge in [0.25, 0.3) is 0 Å². The Morgan fingerprint density at radius 1 is 1.03 bits per heavy atom. The summed E-state index contributed by atoms with van der Waals surface area (Å²) in [4.78, 5) is 20.0. The van der Waals surface area contributed by atoms with Gasteiger partial charge in [-0.2, -0.15) is 0 Å². The Morgan fingerprint density at radius 3 is 2.39 bits per heavy atom. The molecule has 1 unspecified atom stereocenters. The summed E-state index contributed by atoms with van der Waals surface area (Å²) in [6.45, 7) is 3.73. The van der Waals surface area contributed by atoms with Gasteiger partial charge in [0.05, 0.1) is 18.4 Å². The third-order valence-electron chi connectivity index (χ3n) is 5.58. The Bertz CT molecular complexity index is 1200. The number of benzene rings is 3. The van der Waals surface area contributed by atoms with Crippen molar-refractivity contribution in [3.8, 4) is 5.75 Å². The lowest BCUT2D eigenvalue weighted by Gasteiger charge is -2.31. The third kappa shape index (κ3) is 4.10. The molecule has 0 saturated heterocycles. The van der Waals surface area contributed by atoms with Crippen LogP contribution in [0.5, 0.6) is 5.75 Å². The van der Waals surface area contributed by atoms with Crippen LogP contribution in [0.4, 0.5) is 11.4 Å². The van der Waals surface area contributed by atoms with Crippen LogP contribution in [-0.2, 0) is 9.53 Å². The van der Waals surface area contributed by atoms with Crippen molar-refractivity contribution < 1.29 is 14.6 Å². The average molecular weight is 415 g/mol. The number of H-pyrrole nitrogens is 1. The zero-order chi connectivity index (χ0) is 22.0. The molecule has 1 atom stereocenters. The van der Waals surface area contributed by atoms with Crippen molar-refractivity contribution in [1.29, 1.82) is 0 Å². The number of aromatic nitrogens is 2. The number of carbonyl (C=O) groups excluding carboxylic acids is 1. The summed E-state index contributed by atoms with van der Waals surface area (Å²) in [5, 5.41) is 15.1. The minimum atomic E-state index is -0.800. The summed E-state index contributed by atoms with van der Waals surface area (Å²) < 4.78 is 5.05. The van der Waals surface area contributed by atoms with E-state index < -0.39 is 5.41 Å². The molecule has 0 aliphatic carbocycles. The highest BCUT2D eigenvalue weighted by molar-refractivity contribution is 5.87. The smallest absolute Gasteiger partial charge is 0.312 e. The number of ether oxygens (including phenoxy) is 1. The summed E-state index contributed by atoms with van der Waals surface area (Å²) in [5.74, 6) is 0.398. The number of hydrogen-bond acceptors (Lipinski definition) is 5. The molecule has 158 valence electrons. The first-order chi connectivity index (χ1) is 14.9. The first-order valence-electron chi connectivity index (χ1n) is 10.1. The van der Waals surface area contributed by atoms with Gasteiger partial charge in [-0.05, 0) is 66.6 Å². The molecule has 0 radical (unpaired) electrons. The number of aromatic amines is 1. The molecule has 0 saturated carbocycles. The molecule has 0 aliphatic heterocycles. The van der Waals surface area contributed by atoms with E-state index in [-0.39, 0.29) is 17.6 Å². The predicted octanol–water partition coefficient (Wildman–Crippen LogP) is 5.34. The topological polar surface area (TPSA) is 87.2 Å². The number of imidazole rings is 1. The number of fused-ring (bicyclic) bond motifs is 1. The van der Waals surface area contributed by atoms with Gasteiger partial charge in [0.2, 0.25) is 0 Å². The molecule has 0 bridgehead atoms. The molecule has 3 N–H and O–H groups in total. The number of phenolic OH excluding ortho intramolecular Hbond substituents is 1. The number of anilines is 2. The second-order valence-corrected chi connectivity index (χ2v) is 8.11. The number of carbonyl (C=O) groups is 1. The van der Waals surface area contributed by atoms with Gasteiger partial charge in [0, 0.05) is 23.8 Å². The van der Waals surface area contributed by atoms with Crippen LogP contribution >= 0.6 is 0 Å². The summed E-state index contributed by atoms with van der Waals surface area (Å²) in [6.07, 6.45) is 3.44. The fraction of sp³-hybridized carbons (Fsp3) is 0.200. The fourth-order valence-corrected chi connectivity index (χ4v) is 3.97. The molecule has 1 heterocycles. The lowest BCUT2D eigenvalue weighted by molar-refractivity contribution is -0.151. The van der Waals surface area contributed by atoms with Gasteiger partial charge in [0.15, 0.2) is 0 Å².